The van der Waals surface area contributed by atoms with E-state index in [4.69, 9.17) is 9.47 Å². The Bertz CT molecular complexity index is 693. The highest BCUT2D eigenvalue weighted by molar-refractivity contribution is 9.10. The van der Waals surface area contributed by atoms with Gasteiger partial charge in [-0.25, -0.2) is 0 Å². The first-order chi connectivity index (χ1) is 12.5. The molecule has 0 amide bonds. The van der Waals surface area contributed by atoms with Crippen LogP contribution in [0.3, 0.4) is 0 Å². The predicted octanol–water partition coefficient (Wildman–Crippen LogP) is 4.41. The monoisotopic (exact) mass is 483 g/mol. The molecule has 2 aromatic carbocycles. The maximum atomic E-state index is 10.4. The molecule has 1 aliphatic rings. The number of aliphatic hydroxyl groups is 1. The highest BCUT2D eigenvalue weighted by atomic mass is 79.9. The summed E-state index contributed by atoms with van der Waals surface area (Å²) in [5, 5.41) is 10.4. The fourth-order valence-electron chi connectivity index (χ4n) is 3.16. The van der Waals surface area contributed by atoms with E-state index in [1.807, 2.05) is 36.4 Å². The van der Waals surface area contributed by atoms with Crippen LogP contribution in [-0.2, 0) is 4.74 Å². The van der Waals surface area contributed by atoms with Gasteiger partial charge in [0.15, 0.2) is 0 Å². The van der Waals surface area contributed by atoms with Gasteiger partial charge in [-0.15, -0.1) is 0 Å². The first-order valence-corrected chi connectivity index (χ1v) is 10.3. The molecular weight excluding hydrogens is 462 g/mol. The zero-order chi connectivity index (χ0) is 18.5. The minimum absolute atomic E-state index is 0.0106. The first-order valence-electron chi connectivity index (χ1n) is 8.70. The van der Waals surface area contributed by atoms with Crippen LogP contribution in [0.25, 0.3) is 0 Å². The summed E-state index contributed by atoms with van der Waals surface area (Å²) in [5.41, 5.74) is 1.16. The number of β-amino-alcohol motifs (C(OH)–C–C–N with tert-alkyl or cyclic N) is 1. The zero-order valence-corrected chi connectivity index (χ0v) is 17.8. The van der Waals surface area contributed by atoms with Crippen molar-refractivity contribution >= 4 is 31.9 Å². The molecule has 2 aromatic rings. The number of rotatable bonds is 6. The van der Waals surface area contributed by atoms with Crippen LogP contribution >= 0.6 is 31.9 Å². The Kier molecular flexibility index (Phi) is 7.12. The van der Waals surface area contributed by atoms with Gasteiger partial charge in [-0.1, -0.05) is 44.0 Å². The van der Waals surface area contributed by atoms with Crippen LogP contribution in [0.15, 0.2) is 57.5 Å². The largest absolute Gasteiger partial charge is 0.491 e. The van der Waals surface area contributed by atoms with Crippen LogP contribution in [0, 0.1) is 0 Å². The fraction of sp³-hybridized carbons (Fsp3) is 0.400. The Labute approximate surface area is 171 Å². The number of nitrogens with zero attached hydrogens (tertiary/aromatic N) is 1. The molecule has 6 heteroatoms. The van der Waals surface area contributed by atoms with Gasteiger partial charge in [0.05, 0.1) is 12.7 Å². The van der Waals surface area contributed by atoms with Crippen LogP contribution < -0.4 is 4.74 Å². The van der Waals surface area contributed by atoms with Crippen LogP contribution in [0.4, 0.5) is 0 Å². The van der Waals surface area contributed by atoms with E-state index in [-0.39, 0.29) is 18.8 Å². The van der Waals surface area contributed by atoms with E-state index in [1.54, 1.807) is 0 Å². The van der Waals surface area contributed by atoms with Gasteiger partial charge in [0.2, 0.25) is 0 Å². The lowest BCUT2D eigenvalue weighted by Crippen LogP contribution is -2.49. The van der Waals surface area contributed by atoms with Gasteiger partial charge in [0.1, 0.15) is 18.5 Å². The molecule has 140 valence electrons. The average Bonchev–Trinajstić information content (AvgIpc) is 2.64. The quantitative estimate of drug-likeness (QED) is 0.659. The molecule has 3 unspecified atom stereocenters. The summed E-state index contributed by atoms with van der Waals surface area (Å²) in [6, 6.07) is 16.0. The van der Waals surface area contributed by atoms with Gasteiger partial charge in [-0.2, -0.15) is 0 Å². The van der Waals surface area contributed by atoms with Gasteiger partial charge in [-0.3, -0.25) is 4.90 Å². The minimum Gasteiger partial charge on any atom is -0.491 e. The molecule has 1 heterocycles. The van der Waals surface area contributed by atoms with E-state index >= 15 is 0 Å². The number of halogens is 2. The topological polar surface area (TPSA) is 41.9 Å². The third-order valence-electron chi connectivity index (χ3n) is 4.59. The van der Waals surface area contributed by atoms with Gasteiger partial charge < -0.3 is 14.6 Å². The van der Waals surface area contributed by atoms with Crippen molar-refractivity contribution in [3.8, 4) is 5.75 Å². The first kappa shape index (κ1) is 19.8. The molecule has 1 aliphatic heterocycles. The van der Waals surface area contributed by atoms with Crippen molar-refractivity contribution < 1.29 is 14.6 Å². The SMILES string of the molecule is CC1C(c2ccc(Br)cc2)OCCN1CC(O)COc1ccc(Br)cc1. The fourth-order valence-corrected chi connectivity index (χ4v) is 3.69. The second kappa shape index (κ2) is 9.33. The lowest BCUT2D eigenvalue weighted by Gasteiger charge is -2.40. The third-order valence-corrected chi connectivity index (χ3v) is 5.65. The summed E-state index contributed by atoms with van der Waals surface area (Å²) >= 11 is 6.87. The number of ether oxygens (including phenoxy) is 2. The smallest absolute Gasteiger partial charge is 0.119 e. The Hall–Kier alpha value is -0.920. The molecule has 3 rings (SSSR count). The summed E-state index contributed by atoms with van der Waals surface area (Å²) < 4.78 is 13.7. The maximum Gasteiger partial charge on any atom is 0.119 e. The second-order valence-corrected chi connectivity index (χ2v) is 8.33. The molecule has 26 heavy (non-hydrogen) atoms. The maximum absolute atomic E-state index is 10.4. The summed E-state index contributed by atoms with van der Waals surface area (Å²) in [4.78, 5) is 2.27. The Morgan fingerprint density at radius 1 is 1.12 bits per heavy atom. The van der Waals surface area contributed by atoms with E-state index < -0.39 is 6.10 Å². The molecule has 4 nitrogen and oxygen atoms in total. The van der Waals surface area contributed by atoms with Gasteiger partial charge >= 0.3 is 0 Å². The molecule has 1 N–H and O–H groups in total. The molecule has 0 aromatic heterocycles. The number of hydrogen-bond acceptors (Lipinski definition) is 4. The van der Waals surface area contributed by atoms with Crippen LogP contribution in [0.1, 0.15) is 18.6 Å². The molecule has 1 saturated heterocycles. The molecule has 0 saturated carbocycles. The van der Waals surface area contributed by atoms with E-state index in [9.17, 15) is 5.11 Å². The Balaban J connectivity index is 1.54. The van der Waals surface area contributed by atoms with E-state index in [1.165, 1.54) is 0 Å². The lowest BCUT2D eigenvalue weighted by atomic mass is 10.0. The Morgan fingerprint density at radius 3 is 2.38 bits per heavy atom. The predicted molar refractivity (Wildman–Crippen MR) is 110 cm³/mol. The summed E-state index contributed by atoms with van der Waals surface area (Å²) in [6.45, 7) is 4.45. The molecule has 0 aliphatic carbocycles. The standard InChI is InChI=1S/C20H23Br2NO3/c1-14-20(15-2-4-16(21)5-3-15)25-11-10-23(14)12-18(24)13-26-19-8-6-17(22)7-9-19/h2-9,14,18,20,24H,10-13H2,1H3. The number of aliphatic hydroxyl groups excluding tert-OH is 1. The minimum atomic E-state index is -0.551. The summed E-state index contributed by atoms with van der Waals surface area (Å²) in [6.07, 6.45) is -0.541. The van der Waals surface area contributed by atoms with Gasteiger partial charge in [-0.05, 0) is 48.9 Å². The molecule has 0 bridgehead atoms. The summed E-state index contributed by atoms with van der Waals surface area (Å²) in [7, 11) is 0. The molecule has 0 spiro atoms. The van der Waals surface area contributed by atoms with Crippen LogP contribution in [0.5, 0.6) is 5.75 Å². The Morgan fingerprint density at radius 2 is 1.73 bits per heavy atom. The third kappa shape index (κ3) is 5.30. The van der Waals surface area contributed by atoms with Gasteiger partial charge in [0.25, 0.3) is 0 Å². The van der Waals surface area contributed by atoms with Crippen molar-refractivity contribution in [1.29, 1.82) is 0 Å². The van der Waals surface area contributed by atoms with Crippen molar-refractivity contribution in [2.24, 2.45) is 0 Å². The van der Waals surface area contributed by atoms with Crippen LogP contribution in [0.2, 0.25) is 0 Å². The zero-order valence-electron chi connectivity index (χ0n) is 14.6. The summed E-state index contributed by atoms with van der Waals surface area (Å²) in [5.74, 6) is 0.759. The number of morpholine rings is 1. The van der Waals surface area contributed by atoms with Crippen LogP contribution in [-0.4, -0.2) is 48.5 Å². The van der Waals surface area contributed by atoms with Crippen molar-refractivity contribution in [1.82, 2.24) is 4.90 Å². The molecule has 0 radical (unpaired) electrons. The highest BCUT2D eigenvalue weighted by Crippen LogP contribution is 2.29. The van der Waals surface area contributed by atoms with E-state index in [0.29, 0.717) is 13.2 Å². The lowest BCUT2D eigenvalue weighted by molar-refractivity contribution is -0.0804. The second-order valence-electron chi connectivity index (χ2n) is 6.50. The molecular formula is C20H23Br2NO3. The van der Waals surface area contributed by atoms with Gasteiger partial charge in [0, 0.05) is 28.1 Å². The average molecular weight is 485 g/mol. The van der Waals surface area contributed by atoms with Crippen molar-refractivity contribution in [3.05, 3.63) is 63.0 Å². The van der Waals surface area contributed by atoms with Crippen molar-refractivity contribution in [2.75, 3.05) is 26.3 Å². The van der Waals surface area contributed by atoms with E-state index in [0.717, 1.165) is 26.8 Å². The number of hydrogen-bond donors (Lipinski definition) is 1. The van der Waals surface area contributed by atoms with E-state index in [2.05, 4.69) is 55.8 Å². The molecule has 1 fully saturated rings. The van der Waals surface area contributed by atoms with Crippen molar-refractivity contribution in [2.45, 2.75) is 25.2 Å². The molecule has 3 atom stereocenters. The number of benzene rings is 2. The highest BCUT2D eigenvalue weighted by Gasteiger charge is 2.31. The normalized spacial score (nSPS) is 22.2. The van der Waals surface area contributed by atoms with Crippen molar-refractivity contribution in [3.63, 3.8) is 0 Å².